The summed E-state index contributed by atoms with van der Waals surface area (Å²) in [5.41, 5.74) is 0. The lowest BCUT2D eigenvalue weighted by Crippen LogP contribution is -1.56. The van der Waals surface area contributed by atoms with Gasteiger partial charge in [-0.3, -0.25) is 9.97 Å². The number of thiazole rings is 2. The van der Waals surface area contributed by atoms with Crippen molar-refractivity contribution in [2.24, 2.45) is 0 Å². The molecule has 0 radical (unpaired) electrons. The summed E-state index contributed by atoms with van der Waals surface area (Å²) < 4.78 is 0. The first kappa shape index (κ1) is 17.6. The zero-order chi connectivity index (χ0) is 12.8. The molecule has 0 aliphatic carbocycles. The molecule has 2 aromatic heterocycles. The van der Waals surface area contributed by atoms with Crippen LogP contribution in [-0.2, 0) is 0 Å². The summed E-state index contributed by atoms with van der Waals surface area (Å²) in [7, 11) is 0. The lowest BCUT2D eigenvalue weighted by molar-refractivity contribution is 1.30. The monoisotopic (exact) mass is 258 g/mol. The zero-order valence-corrected chi connectivity index (χ0v) is 12.7. The van der Waals surface area contributed by atoms with Crippen LogP contribution >= 0.6 is 22.7 Å². The fraction of sp³-hybridized carbons (Fsp3) is 0.500. The highest BCUT2D eigenvalue weighted by Gasteiger charge is 1.76. The Hall–Kier alpha value is -0.740. The van der Waals surface area contributed by atoms with Crippen LogP contribution in [0.3, 0.4) is 0 Å². The molecule has 2 nitrogen and oxygen atoms in total. The van der Waals surface area contributed by atoms with Crippen molar-refractivity contribution in [3.63, 3.8) is 0 Å². The van der Waals surface area contributed by atoms with E-state index in [9.17, 15) is 0 Å². The summed E-state index contributed by atoms with van der Waals surface area (Å²) in [6.45, 7) is 12.0. The maximum atomic E-state index is 3.94. The third kappa shape index (κ3) is 11.3. The number of hydrogen-bond donors (Lipinski definition) is 0. The van der Waals surface area contributed by atoms with Crippen molar-refractivity contribution in [2.75, 3.05) is 0 Å². The van der Waals surface area contributed by atoms with E-state index < -0.39 is 0 Å². The fourth-order valence-electron chi connectivity index (χ4n) is 0.589. The highest BCUT2D eigenvalue weighted by atomic mass is 32.1. The van der Waals surface area contributed by atoms with Gasteiger partial charge in [0.2, 0.25) is 0 Å². The lowest BCUT2D eigenvalue weighted by atomic mass is 10.8. The molecule has 0 saturated heterocycles. The van der Waals surface area contributed by atoms with E-state index in [2.05, 4.69) is 9.97 Å². The maximum absolute atomic E-state index is 3.94. The Morgan fingerprint density at radius 3 is 1.12 bits per heavy atom. The Bertz CT molecular complexity index is 256. The van der Waals surface area contributed by atoms with Crippen molar-refractivity contribution in [3.8, 4) is 0 Å². The molecule has 0 atom stereocenters. The van der Waals surface area contributed by atoms with Crippen molar-refractivity contribution < 1.29 is 0 Å². The van der Waals surface area contributed by atoms with Gasteiger partial charge in [0.25, 0.3) is 0 Å². The van der Waals surface area contributed by atoms with Gasteiger partial charge in [0.15, 0.2) is 0 Å². The minimum Gasteiger partial charge on any atom is -0.250 e. The molecule has 2 rings (SSSR count). The maximum Gasteiger partial charge on any atom is 0.0893 e. The van der Waals surface area contributed by atoms with Gasteiger partial charge in [0.05, 0.1) is 10.0 Å². The first-order valence-corrected chi connectivity index (χ1v) is 7.27. The first-order chi connectivity index (χ1) is 7.79. The average Bonchev–Trinajstić information content (AvgIpc) is 2.98. The molecule has 0 saturated carbocycles. The molecule has 0 aliphatic rings. The van der Waals surface area contributed by atoms with Gasteiger partial charge in [-0.25, -0.2) is 0 Å². The van der Waals surface area contributed by atoms with Crippen LogP contribution in [0.1, 0.15) is 37.7 Å². The molecule has 2 aromatic rings. The zero-order valence-electron chi connectivity index (χ0n) is 11.0. The number of hydrogen-bond acceptors (Lipinski definition) is 4. The molecular formula is C12H22N2S2. The van der Waals surface area contributed by atoms with Gasteiger partial charge in [0, 0.05) is 23.2 Å². The summed E-state index contributed by atoms with van der Waals surface area (Å²) in [6, 6.07) is 0. The van der Waals surface area contributed by atoms with Crippen LogP contribution in [0.2, 0.25) is 0 Å². The van der Waals surface area contributed by atoms with Crippen LogP contribution in [0.15, 0.2) is 23.2 Å². The molecular weight excluding hydrogens is 236 g/mol. The first-order valence-electron chi connectivity index (χ1n) is 5.51. The predicted octanol–water partition coefficient (Wildman–Crippen LogP) is 4.96. The Morgan fingerprint density at radius 1 is 0.750 bits per heavy atom. The predicted molar refractivity (Wildman–Crippen MR) is 76.4 cm³/mol. The second kappa shape index (κ2) is 14.3. The summed E-state index contributed by atoms with van der Waals surface area (Å²) >= 11 is 3.33. The van der Waals surface area contributed by atoms with E-state index in [0.29, 0.717) is 0 Å². The molecule has 0 bridgehead atoms. The van der Waals surface area contributed by atoms with Gasteiger partial charge in [-0.05, 0) is 13.8 Å². The summed E-state index contributed by atoms with van der Waals surface area (Å²) in [5, 5.41) is 6.20. The van der Waals surface area contributed by atoms with E-state index >= 15 is 0 Å². The van der Waals surface area contributed by atoms with Crippen molar-refractivity contribution in [1.29, 1.82) is 0 Å². The van der Waals surface area contributed by atoms with E-state index in [4.69, 9.17) is 0 Å². The van der Waals surface area contributed by atoms with E-state index in [-0.39, 0.29) is 0 Å². The van der Waals surface area contributed by atoms with Crippen molar-refractivity contribution in [1.82, 2.24) is 9.97 Å². The normalized spacial score (nSPS) is 7.38. The van der Waals surface area contributed by atoms with Crippen molar-refractivity contribution in [3.05, 3.63) is 33.2 Å². The number of aromatic nitrogens is 2. The standard InChI is InChI=1S/2C4H5NS.2C2H6/c2*1-4-5-2-3-6-4;2*1-2/h2*2-3H,1H3;2*1-2H3. The van der Waals surface area contributed by atoms with Gasteiger partial charge in [-0.15, -0.1) is 22.7 Å². The van der Waals surface area contributed by atoms with Gasteiger partial charge in [-0.2, -0.15) is 0 Å². The summed E-state index contributed by atoms with van der Waals surface area (Å²) in [6.07, 6.45) is 3.61. The van der Waals surface area contributed by atoms with Crippen LogP contribution in [0, 0.1) is 13.8 Å². The van der Waals surface area contributed by atoms with E-state index in [1.165, 1.54) is 0 Å². The summed E-state index contributed by atoms with van der Waals surface area (Å²) in [5.74, 6) is 0. The molecule has 16 heavy (non-hydrogen) atoms. The Kier molecular flexibility index (Phi) is 15.7. The third-order valence-corrected chi connectivity index (χ3v) is 2.52. The Balaban J connectivity index is 0. The molecule has 0 aromatic carbocycles. The molecule has 0 spiro atoms. The molecule has 0 unspecified atom stereocenters. The number of rotatable bonds is 0. The molecule has 4 heteroatoms. The largest absolute Gasteiger partial charge is 0.250 e. The van der Waals surface area contributed by atoms with Crippen molar-refractivity contribution >= 4 is 22.7 Å². The molecule has 0 amide bonds. The molecule has 92 valence electrons. The van der Waals surface area contributed by atoms with Gasteiger partial charge >= 0.3 is 0 Å². The second-order valence-electron chi connectivity index (χ2n) is 2.10. The van der Waals surface area contributed by atoms with E-state index in [0.717, 1.165) is 10.0 Å². The SMILES string of the molecule is CC.CC.Cc1nccs1.Cc1nccs1. The average molecular weight is 258 g/mol. The van der Waals surface area contributed by atoms with Crippen LogP contribution in [-0.4, -0.2) is 9.97 Å². The van der Waals surface area contributed by atoms with Gasteiger partial charge in [0.1, 0.15) is 0 Å². The van der Waals surface area contributed by atoms with Crippen LogP contribution in [0.4, 0.5) is 0 Å². The van der Waals surface area contributed by atoms with E-state index in [1.807, 2.05) is 52.3 Å². The topological polar surface area (TPSA) is 25.8 Å². The van der Waals surface area contributed by atoms with Crippen LogP contribution < -0.4 is 0 Å². The Morgan fingerprint density at radius 2 is 1.06 bits per heavy atom. The third-order valence-electron chi connectivity index (χ3n) is 1.11. The van der Waals surface area contributed by atoms with Gasteiger partial charge < -0.3 is 0 Å². The highest BCUT2D eigenvalue weighted by molar-refractivity contribution is 7.09. The smallest absolute Gasteiger partial charge is 0.0893 e. The number of aryl methyl sites for hydroxylation is 2. The quantitative estimate of drug-likeness (QED) is 0.667. The molecule has 0 N–H and O–H groups in total. The van der Waals surface area contributed by atoms with Crippen LogP contribution in [0.25, 0.3) is 0 Å². The molecule has 0 fully saturated rings. The molecule has 0 aliphatic heterocycles. The minimum absolute atomic E-state index is 1.13. The minimum atomic E-state index is 1.13. The Labute approximate surface area is 107 Å². The highest BCUT2D eigenvalue weighted by Crippen LogP contribution is 1.98. The second-order valence-corrected chi connectivity index (χ2v) is 4.30. The summed E-state index contributed by atoms with van der Waals surface area (Å²) in [4.78, 5) is 7.87. The van der Waals surface area contributed by atoms with Gasteiger partial charge in [-0.1, -0.05) is 27.7 Å². The lowest BCUT2D eigenvalue weighted by Gasteiger charge is -1.65. The van der Waals surface area contributed by atoms with Crippen molar-refractivity contribution in [2.45, 2.75) is 41.5 Å². The number of nitrogens with zero attached hydrogens (tertiary/aromatic N) is 2. The fourth-order valence-corrected chi connectivity index (χ4v) is 1.47. The van der Waals surface area contributed by atoms with Crippen LogP contribution in [0.5, 0.6) is 0 Å². The van der Waals surface area contributed by atoms with E-state index in [1.54, 1.807) is 35.1 Å². The molecule has 2 heterocycles.